The predicted octanol–water partition coefficient (Wildman–Crippen LogP) is -2.31. The van der Waals surface area contributed by atoms with Gasteiger partial charge in [0.05, 0.1) is 6.42 Å². The molecule has 2 atom stereocenters. The third-order valence-corrected chi connectivity index (χ3v) is 5.31. The third kappa shape index (κ3) is 1.72. The van der Waals surface area contributed by atoms with E-state index in [0.717, 1.165) is 0 Å². The molecule has 2 bridgehead atoms. The van der Waals surface area contributed by atoms with Crippen LogP contribution in [0.4, 0.5) is 0 Å². The molecule has 17 heavy (non-hydrogen) atoms. The highest BCUT2D eigenvalue weighted by Gasteiger charge is 2.62. The highest BCUT2D eigenvalue weighted by atomic mass is 32.2. The molecule has 96 valence electrons. The van der Waals surface area contributed by atoms with E-state index in [2.05, 4.69) is 13.4 Å². The van der Waals surface area contributed by atoms with Crippen molar-refractivity contribution in [3.63, 3.8) is 0 Å². The number of rotatable bonds is 1. The molecule has 3 fully saturated rings. The lowest BCUT2D eigenvalue weighted by Crippen LogP contribution is -2.59. The van der Waals surface area contributed by atoms with Crippen LogP contribution in [0.2, 0.25) is 0 Å². The van der Waals surface area contributed by atoms with Crippen molar-refractivity contribution in [2.24, 2.45) is 0 Å². The van der Waals surface area contributed by atoms with Gasteiger partial charge in [0.1, 0.15) is 9.69 Å². The van der Waals surface area contributed by atoms with E-state index in [1.54, 1.807) is 0 Å². The molecule has 3 heterocycles. The Morgan fingerprint density at radius 1 is 1.29 bits per heavy atom. The van der Waals surface area contributed by atoms with Gasteiger partial charge in [0.2, 0.25) is 10.1 Å². The van der Waals surface area contributed by atoms with Gasteiger partial charge in [-0.2, -0.15) is 0 Å². The zero-order valence-electron chi connectivity index (χ0n) is 8.35. The molecule has 3 saturated heterocycles. The van der Waals surface area contributed by atoms with Crippen LogP contribution < -0.4 is 0 Å². The topological polar surface area (TPSA) is 130 Å². The molecule has 0 aromatic rings. The Morgan fingerprint density at radius 2 is 1.88 bits per heavy atom. The predicted molar refractivity (Wildman–Crippen MR) is 51.2 cm³/mol. The molecule has 0 aromatic carbocycles. The fourth-order valence-corrected chi connectivity index (χ4v) is 4.05. The van der Waals surface area contributed by atoms with Crippen molar-refractivity contribution in [3.05, 3.63) is 0 Å². The van der Waals surface area contributed by atoms with Gasteiger partial charge in [-0.15, -0.1) is 0 Å². The lowest BCUT2D eigenvalue weighted by molar-refractivity contribution is -0.137. The summed E-state index contributed by atoms with van der Waals surface area (Å²) >= 11 is 0. The Bertz CT molecular complexity index is 599. The molecule has 9 nitrogen and oxygen atoms in total. The Balaban J connectivity index is 2.69. The number of carbonyl (C=O) groups excluding carboxylic acids is 2. The van der Waals surface area contributed by atoms with Crippen LogP contribution in [0.5, 0.6) is 0 Å². The number of fused-ring (bicyclic) bond motifs is 4. The minimum absolute atomic E-state index is 0.536. The summed E-state index contributed by atoms with van der Waals surface area (Å²) in [6.07, 6.45) is -0.297. The minimum atomic E-state index is -4.56. The zero-order valence-corrected chi connectivity index (χ0v) is 9.99. The lowest BCUT2D eigenvalue weighted by atomic mass is 10.2. The smallest absolute Gasteiger partial charge is 0.621 e. The first kappa shape index (κ1) is 12.3. The van der Waals surface area contributed by atoms with Crippen LogP contribution in [0, 0.1) is 0 Å². The van der Waals surface area contributed by atoms with Gasteiger partial charge in [-0.3, -0.25) is 18.0 Å². The highest BCUT2D eigenvalue weighted by molar-refractivity contribution is 8.20. The summed E-state index contributed by atoms with van der Waals surface area (Å²) in [6, 6.07) is -3.99. The number of carbonyl (C=O) groups is 2. The monoisotopic (exact) mass is 285 g/mol. The third-order valence-electron chi connectivity index (χ3n) is 2.28. The molecule has 3 rings (SSSR count). The number of hydrogen-bond donors (Lipinski definition) is 0. The van der Waals surface area contributed by atoms with Crippen LogP contribution in [0.15, 0.2) is 0 Å². The Labute approximate surface area is 96.0 Å². The second kappa shape index (κ2) is 3.20. The van der Waals surface area contributed by atoms with Crippen LogP contribution in [0.3, 0.4) is 0 Å². The fourth-order valence-electron chi connectivity index (χ4n) is 1.42. The van der Waals surface area contributed by atoms with E-state index in [4.69, 9.17) is 0 Å². The normalized spacial score (nSPS) is 35.9. The second-order valence-electron chi connectivity index (χ2n) is 3.62. The van der Waals surface area contributed by atoms with Crippen molar-refractivity contribution >= 4 is 37.8 Å². The van der Waals surface area contributed by atoms with Gasteiger partial charge in [-0.25, -0.2) is 8.42 Å². The Kier molecular flexibility index (Phi) is 2.32. The molecular formula is C5H6BO9S2-. The molecule has 2 unspecified atom stereocenters. The summed E-state index contributed by atoms with van der Waals surface area (Å²) in [5, 5.41) is -1.88. The first-order chi connectivity index (χ1) is 7.57. The van der Waals surface area contributed by atoms with Crippen LogP contribution in [-0.4, -0.2) is 46.3 Å². The van der Waals surface area contributed by atoms with E-state index in [0.29, 0.717) is 6.26 Å². The molecule has 3 aliphatic rings. The summed E-state index contributed by atoms with van der Waals surface area (Å²) < 4.78 is 58.7. The van der Waals surface area contributed by atoms with E-state index in [-0.39, 0.29) is 0 Å². The maximum Gasteiger partial charge on any atom is 0.635 e. The van der Waals surface area contributed by atoms with Gasteiger partial charge in [-0.1, -0.05) is 0 Å². The number of hydrogen-bond acceptors (Lipinski definition) is 9. The van der Waals surface area contributed by atoms with Gasteiger partial charge in [0, 0.05) is 6.26 Å². The molecule has 0 saturated carbocycles. The van der Waals surface area contributed by atoms with Crippen molar-refractivity contribution in [1.82, 2.24) is 0 Å². The lowest BCUT2D eigenvalue weighted by Gasteiger charge is -2.38. The van der Waals surface area contributed by atoms with E-state index in [1.807, 2.05) is 0 Å². The SMILES string of the molecule is CS(=O)(=O)[B-]12OC(=O)CC(C(=O)O1)S(=O)(=O)O2. The molecule has 0 N–H and O–H groups in total. The molecule has 12 heteroatoms. The van der Waals surface area contributed by atoms with Gasteiger partial charge in [-0.05, 0) is 0 Å². The van der Waals surface area contributed by atoms with Crippen molar-refractivity contribution in [3.8, 4) is 0 Å². The highest BCUT2D eigenvalue weighted by Crippen LogP contribution is 2.33. The van der Waals surface area contributed by atoms with E-state index in [1.165, 1.54) is 0 Å². The van der Waals surface area contributed by atoms with Crippen LogP contribution >= 0.6 is 0 Å². The Hall–Kier alpha value is -1.14. The van der Waals surface area contributed by atoms with Crippen molar-refractivity contribution < 1.29 is 39.8 Å². The quantitative estimate of drug-likeness (QED) is 0.487. The molecule has 0 spiro atoms. The van der Waals surface area contributed by atoms with Gasteiger partial charge in [0.15, 0.2) is 5.25 Å². The van der Waals surface area contributed by atoms with Crippen molar-refractivity contribution in [2.45, 2.75) is 11.7 Å². The van der Waals surface area contributed by atoms with Crippen molar-refractivity contribution in [2.75, 3.05) is 6.26 Å². The molecular weight excluding hydrogens is 279 g/mol. The summed E-state index contributed by atoms with van der Waals surface area (Å²) in [6.45, 7) is 0. The molecule has 0 radical (unpaired) electrons. The standard InChI is InChI=1S/C5H6BO9S2/c1-16(9,10)6-13-4(7)2-3(5(8)14-6)17(11,12)15-6/h3H,2H2,1H3/q-1. The first-order valence-corrected chi connectivity index (χ1v) is 7.71. The molecule has 3 aliphatic heterocycles. The summed E-state index contributed by atoms with van der Waals surface area (Å²) in [5.74, 6) is -2.56. The minimum Gasteiger partial charge on any atom is -0.621 e. The Morgan fingerprint density at radius 3 is 2.35 bits per heavy atom. The molecule has 0 aliphatic carbocycles. The van der Waals surface area contributed by atoms with Crippen LogP contribution in [0.1, 0.15) is 6.42 Å². The summed E-state index contributed by atoms with van der Waals surface area (Å²) in [5.41, 5.74) is 0. The van der Waals surface area contributed by atoms with Gasteiger partial charge in [0.25, 0.3) is 11.9 Å². The van der Waals surface area contributed by atoms with Crippen molar-refractivity contribution in [1.29, 1.82) is 0 Å². The average molecular weight is 285 g/mol. The maximum atomic E-state index is 11.5. The van der Waals surface area contributed by atoms with E-state index >= 15 is 0 Å². The summed E-state index contributed by atoms with van der Waals surface area (Å²) in [7, 11) is -8.94. The fraction of sp³-hybridized carbons (Fsp3) is 0.600. The second-order valence-corrected chi connectivity index (χ2v) is 7.60. The average Bonchev–Trinajstić information content (AvgIpc) is 2.26. The maximum absolute atomic E-state index is 11.5. The van der Waals surface area contributed by atoms with Crippen LogP contribution in [-0.2, 0) is 42.8 Å². The first-order valence-electron chi connectivity index (χ1n) is 4.29. The van der Waals surface area contributed by atoms with E-state index < -0.39 is 49.4 Å². The largest absolute Gasteiger partial charge is 0.635 e. The van der Waals surface area contributed by atoms with E-state index in [9.17, 15) is 26.4 Å². The van der Waals surface area contributed by atoms with Crippen LogP contribution in [0.25, 0.3) is 0 Å². The molecule has 0 amide bonds. The summed E-state index contributed by atoms with van der Waals surface area (Å²) in [4.78, 5) is 22.5. The zero-order chi connectivity index (χ0) is 13.1. The van der Waals surface area contributed by atoms with Gasteiger partial charge < -0.3 is 13.4 Å². The van der Waals surface area contributed by atoms with Gasteiger partial charge >= 0.3 is 6.03 Å². The molecule has 0 aromatic heterocycles.